The Hall–Kier alpha value is -2.80. The summed E-state index contributed by atoms with van der Waals surface area (Å²) in [6.07, 6.45) is -4.10. The van der Waals surface area contributed by atoms with Crippen molar-refractivity contribution in [2.75, 3.05) is 0 Å². The van der Waals surface area contributed by atoms with Gasteiger partial charge >= 0.3 is 12.1 Å². The number of carboxylic acid groups (broad SMARTS) is 1. The lowest BCUT2D eigenvalue weighted by atomic mass is 9.90. The van der Waals surface area contributed by atoms with Crippen molar-refractivity contribution in [3.63, 3.8) is 0 Å². The molecule has 1 aromatic heterocycles. The van der Waals surface area contributed by atoms with Crippen molar-refractivity contribution in [1.82, 2.24) is 10.3 Å². The molecule has 3 aromatic rings. The highest BCUT2D eigenvalue weighted by molar-refractivity contribution is 5.87. The molecule has 0 fully saturated rings. The molecular weight excluding hydrogens is 345 g/mol. The molecule has 1 aliphatic heterocycles. The van der Waals surface area contributed by atoms with Crippen LogP contribution in [0.2, 0.25) is 0 Å². The SMILES string of the molecule is O=C(O)[C@H]1Cc2c([nH]c3ccccc23)[C@H](c2ccc(C(F)(F)F)cc2)N1. The molecular formula is C19H15F3N2O2. The van der Waals surface area contributed by atoms with E-state index in [9.17, 15) is 23.1 Å². The zero-order valence-corrected chi connectivity index (χ0v) is 13.5. The number of para-hydroxylation sites is 1. The van der Waals surface area contributed by atoms with Crippen molar-refractivity contribution in [3.05, 3.63) is 70.9 Å². The molecule has 2 aromatic carbocycles. The van der Waals surface area contributed by atoms with Crippen LogP contribution in [0.15, 0.2) is 48.5 Å². The Labute approximate surface area is 146 Å². The van der Waals surface area contributed by atoms with Gasteiger partial charge in [0.15, 0.2) is 0 Å². The van der Waals surface area contributed by atoms with E-state index >= 15 is 0 Å². The lowest BCUT2D eigenvalue weighted by molar-refractivity contribution is -0.140. The Morgan fingerprint density at radius 3 is 2.42 bits per heavy atom. The zero-order valence-electron chi connectivity index (χ0n) is 13.5. The predicted molar refractivity (Wildman–Crippen MR) is 89.8 cm³/mol. The number of hydrogen-bond donors (Lipinski definition) is 3. The van der Waals surface area contributed by atoms with E-state index in [1.54, 1.807) is 0 Å². The Bertz CT molecular complexity index is 977. The van der Waals surface area contributed by atoms with Crippen LogP contribution in [0, 0.1) is 0 Å². The monoisotopic (exact) mass is 360 g/mol. The van der Waals surface area contributed by atoms with Crippen LogP contribution in [0.1, 0.15) is 28.4 Å². The number of carbonyl (C=O) groups is 1. The molecule has 7 heteroatoms. The highest BCUT2D eigenvalue weighted by Gasteiger charge is 2.35. The van der Waals surface area contributed by atoms with Gasteiger partial charge in [0.05, 0.1) is 11.6 Å². The molecule has 26 heavy (non-hydrogen) atoms. The number of halogens is 3. The first-order valence-electron chi connectivity index (χ1n) is 8.10. The van der Waals surface area contributed by atoms with Crippen LogP contribution in [0.3, 0.4) is 0 Å². The van der Waals surface area contributed by atoms with Crippen molar-refractivity contribution >= 4 is 16.9 Å². The minimum Gasteiger partial charge on any atom is -0.480 e. The van der Waals surface area contributed by atoms with Crippen molar-refractivity contribution in [3.8, 4) is 0 Å². The van der Waals surface area contributed by atoms with E-state index in [0.717, 1.165) is 34.3 Å². The number of aromatic amines is 1. The molecule has 0 amide bonds. The summed E-state index contributed by atoms with van der Waals surface area (Å²) in [6.45, 7) is 0. The molecule has 0 radical (unpaired) electrons. The van der Waals surface area contributed by atoms with Gasteiger partial charge < -0.3 is 10.1 Å². The molecule has 0 aliphatic carbocycles. The van der Waals surface area contributed by atoms with Crippen molar-refractivity contribution in [2.24, 2.45) is 0 Å². The average Bonchev–Trinajstić information content (AvgIpc) is 2.99. The summed E-state index contributed by atoms with van der Waals surface area (Å²) < 4.78 is 38.4. The van der Waals surface area contributed by atoms with E-state index in [2.05, 4.69) is 10.3 Å². The molecule has 1 aliphatic rings. The summed E-state index contributed by atoms with van der Waals surface area (Å²) in [4.78, 5) is 14.9. The fraction of sp³-hybridized carbons (Fsp3) is 0.211. The van der Waals surface area contributed by atoms with Gasteiger partial charge in [-0.15, -0.1) is 0 Å². The number of carboxylic acids is 1. The van der Waals surface area contributed by atoms with Crippen molar-refractivity contribution < 1.29 is 23.1 Å². The van der Waals surface area contributed by atoms with Gasteiger partial charge in [0.2, 0.25) is 0 Å². The molecule has 2 heterocycles. The summed E-state index contributed by atoms with van der Waals surface area (Å²) in [7, 11) is 0. The van der Waals surface area contributed by atoms with Crippen molar-refractivity contribution in [1.29, 1.82) is 0 Å². The molecule has 3 N–H and O–H groups in total. The van der Waals surface area contributed by atoms with Gasteiger partial charge in [0.1, 0.15) is 6.04 Å². The second-order valence-electron chi connectivity index (χ2n) is 6.38. The number of H-pyrrole nitrogens is 1. The molecule has 4 nitrogen and oxygen atoms in total. The summed E-state index contributed by atoms with van der Waals surface area (Å²) >= 11 is 0. The van der Waals surface area contributed by atoms with Crippen LogP contribution in [-0.2, 0) is 17.4 Å². The largest absolute Gasteiger partial charge is 0.480 e. The number of benzene rings is 2. The average molecular weight is 360 g/mol. The summed E-state index contributed by atoms with van der Waals surface area (Å²) in [6, 6.07) is 11.0. The third kappa shape index (κ3) is 2.74. The number of hydrogen-bond acceptors (Lipinski definition) is 2. The third-order valence-corrected chi connectivity index (χ3v) is 4.78. The minimum atomic E-state index is -4.41. The fourth-order valence-corrected chi connectivity index (χ4v) is 3.52. The maximum absolute atomic E-state index is 12.8. The van der Waals surface area contributed by atoms with E-state index in [1.807, 2.05) is 24.3 Å². The van der Waals surface area contributed by atoms with E-state index < -0.39 is 29.8 Å². The van der Waals surface area contributed by atoms with Gasteiger partial charge in [-0.05, 0) is 29.3 Å². The molecule has 0 saturated carbocycles. The van der Waals surface area contributed by atoms with Crippen molar-refractivity contribution in [2.45, 2.75) is 24.7 Å². The Morgan fingerprint density at radius 1 is 1.08 bits per heavy atom. The number of nitrogens with one attached hydrogen (secondary N) is 2. The molecule has 2 atom stereocenters. The fourth-order valence-electron chi connectivity index (χ4n) is 3.52. The van der Waals surface area contributed by atoms with Gasteiger partial charge in [-0.25, -0.2) is 0 Å². The second-order valence-corrected chi connectivity index (χ2v) is 6.38. The Kier molecular flexibility index (Phi) is 3.77. The Morgan fingerprint density at radius 2 is 1.77 bits per heavy atom. The van der Waals surface area contributed by atoms with Gasteiger partial charge in [0.25, 0.3) is 0 Å². The summed E-state index contributed by atoms with van der Waals surface area (Å²) in [5.41, 5.74) is 2.41. The lowest BCUT2D eigenvalue weighted by Gasteiger charge is -2.29. The van der Waals surface area contributed by atoms with Crippen LogP contribution in [0.4, 0.5) is 13.2 Å². The first-order chi connectivity index (χ1) is 12.3. The molecule has 134 valence electrons. The standard InChI is InChI=1S/C19H15F3N2O2/c20-19(21,22)11-7-5-10(6-8-11)16-17-13(9-15(24-16)18(25)26)12-3-1-2-4-14(12)23-17/h1-8,15-16,23-24H,9H2,(H,25,26)/t15-,16+/m1/s1. The summed E-state index contributed by atoms with van der Waals surface area (Å²) in [5, 5.41) is 13.4. The Balaban J connectivity index is 1.82. The van der Waals surface area contributed by atoms with E-state index in [1.165, 1.54) is 12.1 Å². The highest BCUT2D eigenvalue weighted by Crippen LogP contribution is 2.36. The quantitative estimate of drug-likeness (QED) is 0.650. The first-order valence-corrected chi connectivity index (χ1v) is 8.10. The maximum Gasteiger partial charge on any atom is 0.416 e. The number of fused-ring (bicyclic) bond motifs is 3. The predicted octanol–water partition coefficient (Wildman–Crippen LogP) is 3.88. The van der Waals surface area contributed by atoms with Gasteiger partial charge in [-0.3, -0.25) is 10.1 Å². The van der Waals surface area contributed by atoms with Gasteiger partial charge in [0, 0.05) is 23.0 Å². The third-order valence-electron chi connectivity index (χ3n) is 4.78. The van der Waals surface area contributed by atoms with Gasteiger partial charge in [-0.1, -0.05) is 30.3 Å². The van der Waals surface area contributed by atoms with Gasteiger partial charge in [-0.2, -0.15) is 13.2 Å². The van der Waals surface area contributed by atoms with Crippen LogP contribution in [0.25, 0.3) is 10.9 Å². The molecule has 0 unspecified atom stereocenters. The molecule has 0 bridgehead atoms. The first kappa shape index (κ1) is 16.7. The molecule has 0 saturated heterocycles. The number of rotatable bonds is 2. The number of aromatic nitrogens is 1. The lowest BCUT2D eigenvalue weighted by Crippen LogP contribution is -2.44. The van der Waals surface area contributed by atoms with E-state index in [4.69, 9.17) is 0 Å². The maximum atomic E-state index is 12.8. The summed E-state index contributed by atoms with van der Waals surface area (Å²) in [5.74, 6) is -0.988. The highest BCUT2D eigenvalue weighted by atomic mass is 19.4. The second kappa shape index (κ2) is 5.88. The smallest absolute Gasteiger partial charge is 0.416 e. The number of aliphatic carboxylic acids is 1. The van der Waals surface area contributed by atoms with E-state index in [0.29, 0.717) is 12.0 Å². The minimum absolute atomic E-state index is 0.311. The number of alkyl halides is 3. The van der Waals surface area contributed by atoms with E-state index in [-0.39, 0.29) is 0 Å². The normalized spacial score (nSPS) is 20.1. The van der Waals surface area contributed by atoms with Crippen LogP contribution < -0.4 is 5.32 Å². The van der Waals surface area contributed by atoms with Crippen LogP contribution in [0.5, 0.6) is 0 Å². The zero-order chi connectivity index (χ0) is 18.5. The molecule has 0 spiro atoms. The topological polar surface area (TPSA) is 65.1 Å². The van der Waals surface area contributed by atoms with Crippen LogP contribution >= 0.6 is 0 Å². The van der Waals surface area contributed by atoms with Crippen LogP contribution in [-0.4, -0.2) is 22.1 Å². The molecule has 4 rings (SSSR count).